The molecule has 29 heavy (non-hydrogen) atoms. The van der Waals surface area contributed by atoms with E-state index in [-0.39, 0.29) is 10.5 Å². The topological polar surface area (TPSA) is 90.5 Å². The van der Waals surface area contributed by atoms with Gasteiger partial charge >= 0.3 is 5.76 Å². The molecular formula is C21H18N2O5S. The normalized spacial score (nSPS) is 11.5. The summed E-state index contributed by atoms with van der Waals surface area (Å²) in [6, 6.07) is 18.8. The van der Waals surface area contributed by atoms with E-state index in [4.69, 9.17) is 9.15 Å². The summed E-state index contributed by atoms with van der Waals surface area (Å²) in [7, 11) is -2.39. The smallest absolute Gasteiger partial charge is 0.419 e. The third kappa shape index (κ3) is 3.62. The zero-order valence-corrected chi connectivity index (χ0v) is 16.6. The number of para-hydroxylation sites is 3. The summed E-state index contributed by atoms with van der Waals surface area (Å²) in [5.74, 6) is 0.401. The maximum Gasteiger partial charge on any atom is 0.419 e. The van der Waals surface area contributed by atoms with Crippen LogP contribution >= 0.6 is 0 Å². The molecule has 0 spiro atoms. The highest BCUT2D eigenvalue weighted by Crippen LogP contribution is 2.32. The van der Waals surface area contributed by atoms with E-state index in [1.807, 2.05) is 18.2 Å². The van der Waals surface area contributed by atoms with Gasteiger partial charge in [0.2, 0.25) is 0 Å². The SMILES string of the molecule is Cc1cc2c(cc1S(=O)(=O)Nc1ccccc1Oc1ccccc1)oc(=O)n2C. The number of nitrogens with zero attached hydrogens (tertiary/aromatic N) is 1. The van der Waals surface area contributed by atoms with E-state index < -0.39 is 15.8 Å². The van der Waals surface area contributed by atoms with Crippen LogP contribution in [-0.4, -0.2) is 13.0 Å². The number of anilines is 1. The van der Waals surface area contributed by atoms with E-state index in [1.165, 1.54) is 10.6 Å². The zero-order chi connectivity index (χ0) is 20.6. The monoisotopic (exact) mass is 410 g/mol. The molecule has 7 nitrogen and oxygen atoms in total. The number of aromatic nitrogens is 1. The van der Waals surface area contributed by atoms with Crippen molar-refractivity contribution in [3.8, 4) is 11.5 Å². The molecule has 1 aromatic heterocycles. The molecule has 0 bridgehead atoms. The fourth-order valence-electron chi connectivity index (χ4n) is 3.00. The van der Waals surface area contributed by atoms with Gasteiger partial charge in [-0.3, -0.25) is 9.29 Å². The number of benzene rings is 3. The van der Waals surface area contributed by atoms with Crippen LogP contribution in [0.2, 0.25) is 0 Å². The summed E-state index contributed by atoms with van der Waals surface area (Å²) in [6.07, 6.45) is 0. The summed E-state index contributed by atoms with van der Waals surface area (Å²) < 4.78 is 41.0. The van der Waals surface area contributed by atoms with E-state index in [0.29, 0.717) is 28.3 Å². The van der Waals surface area contributed by atoms with Gasteiger partial charge in [-0.05, 0) is 42.8 Å². The highest BCUT2D eigenvalue weighted by Gasteiger charge is 2.21. The van der Waals surface area contributed by atoms with Gasteiger partial charge in [-0.25, -0.2) is 13.2 Å². The summed E-state index contributed by atoms with van der Waals surface area (Å²) in [6.45, 7) is 1.66. The van der Waals surface area contributed by atoms with Gasteiger partial charge in [-0.15, -0.1) is 0 Å². The van der Waals surface area contributed by atoms with Crippen LogP contribution < -0.4 is 15.2 Å². The van der Waals surface area contributed by atoms with Crippen LogP contribution in [-0.2, 0) is 17.1 Å². The maximum absolute atomic E-state index is 13.1. The van der Waals surface area contributed by atoms with Crippen molar-refractivity contribution in [1.29, 1.82) is 0 Å². The van der Waals surface area contributed by atoms with Crippen molar-refractivity contribution in [3.05, 3.63) is 82.8 Å². The number of hydrogen-bond acceptors (Lipinski definition) is 5. The minimum Gasteiger partial charge on any atom is -0.455 e. The fourth-order valence-corrected chi connectivity index (χ4v) is 4.32. The minimum absolute atomic E-state index is 0.0221. The van der Waals surface area contributed by atoms with Crippen molar-refractivity contribution in [3.63, 3.8) is 0 Å². The highest BCUT2D eigenvalue weighted by molar-refractivity contribution is 7.92. The maximum atomic E-state index is 13.1. The molecule has 0 aliphatic rings. The van der Waals surface area contributed by atoms with Gasteiger partial charge in [0.25, 0.3) is 10.0 Å². The van der Waals surface area contributed by atoms with Crippen LogP contribution in [0.5, 0.6) is 11.5 Å². The Morgan fingerprint density at radius 1 is 1.00 bits per heavy atom. The van der Waals surface area contributed by atoms with E-state index in [1.54, 1.807) is 56.4 Å². The Balaban J connectivity index is 1.72. The third-order valence-electron chi connectivity index (χ3n) is 4.48. The molecule has 148 valence electrons. The van der Waals surface area contributed by atoms with Crippen molar-refractivity contribution < 1.29 is 17.6 Å². The summed E-state index contributed by atoms with van der Waals surface area (Å²) >= 11 is 0. The molecule has 1 N–H and O–H groups in total. The number of rotatable bonds is 5. The summed E-state index contributed by atoms with van der Waals surface area (Å²) in [5, 5.41) is 0. The number of oxazole rings is 1. The molecule has 8 heteroatoms. The van der Waals surface area contributed by atoms with Gasteiger partial charge in [0, 0.05) is 13.1 Å². The first-order valence-electron chi connectivity index (χ1n) is 8.80. The Hall–Kier alpha value is -3.52. The first-order valence-corrected chi connectivity index (χ1v) is 10.3. The lowest BCUT2D eigenvalue weighted by molar-refractivity contribution is 0.485. The largest absolute Gasteiger partial charge is 0.455 e. The molecule has 0 aliphatic carbocycles. The Kier molecular flexibility index (Phi) is 4.63. The molecule has 0 radical (unpaired) electrons. The lowest BCUT2D eigenvalue weighted by atomic mass is 10.2. The Morgan fingerprint density at radius 3 is 2.45 bits per heavy atom. The van der Waals surface area contributed by atoms with Crippen LogP contribution in [0.3, 0.4) is 0 Å². The summed E-state index contributed by atoms with van der Waals surface area (Å²) in [5.41, 5.74) is 1.52. The summed E-state index contributed by atoms with van der Waals surface area (Å²) in [4.78, 5) is 11.8. The third-order valence-corrected chi connectivity index (χ3v) is 5.99. The van der Waals surface area contributed by atoms with Crippen LogP contribution in [0.4, 0.5) is 5.69 Å². The predicted molar refractivity (Wildman–Crippen MR) is 110 cm³/mol. The Morgan fingerprint density at radius 2 is 1.69 bits per heavy atom. The zero-order valence-electron chi connectivity index (χ0n) is 15.7. The van der Waals surface area contributed by atoms with Crippen molar-refractivity contribution >= 4 is 26.8 Å². The molecular weight excluding hydrogens is 392 g/mol. The second-order valence-corrected chi connectivity index (χ2v) is 8.18. The van der Waals surface area contributed by atoms with E-state index >= 15 is 0 Å². The van der Waals surface area contributed by atoms with Crippen molar-refractivity contribution in [2.75, 3.05) is 4.72 Å². The van der Waals surface area contributed by atoms with Crippen molar-refractivity contribution in [2.45, 2.75) is 11.8 Å². The average Bonchev–Trinajstić information content (AvgIpc) is 2.97. The van der Waals surface area contributed by atoms with Gasteiger partial charge in [-0.2, -0.15) is 0 Å². The standard InChI is InChI=1S/C21H18N2O5S/c1-14-12-17-19(28-21(24)23(17)2)13-20(14)29(25,26)22-16-10-6-7-11-18(16)27-15-8-4-3-5-9-15/h3-13,22H,1-2H3. The molecule has 1 heterocycles. The molecule has 0 saturated carbocycles. The number of nitrogens with one attached hydrogen (secondary N) is 1. The molecule has 3 aromatic carbocycles. The first-order chi connectivity index (χ1) is 13.8. The molecule has 0 atom stereocenters. The van der Waals surface area contributed by atoms with Gasteiger partial charge in [0.15, 0.2) is 11.3 Å². The molecule has 0 amide bonds. The molecule has 0 unspecified atom stereocenters. The van der Waals surface area contributed by atoms with E-state index in [2.05, 4.69) is 4.72 Å². The molecule has 0 saturated heterocycles. The quantitative estimate of drug-likeness (QED) is 0.536. The van der Waals surface area contributed by atoms with E-state index in [9.17, 15) is 13.2 Å². The number of fused-ring (bicyclic) bond motifs is 1. The van der Waals surface area contributed by atoms with Gasteiger partial charge in [0.1, 0.15) is 5.75 Å². The van der Waals surface area contributed by atoms with Crippen LogP contribution in [0, 0.1) is 6.92 Å². The van der Waals surface area contributed by atoms with Gasteiger partial charge < -0.3 is 9.15 Å². The molecule has 4 rings (SSSR count). The first kappa shape index (κ1) is 18.8. The number of sulfonamides is 1. The van der Waals surface area contributed by atoms with Crippen LogP contribution in [0.1, 0.15) is 5.56 Å². The van der Waals surface area contributed by atoms with Gasteiger partial charge in [-0.1, -0.05) is 30.3 Å². The fraction of sp³-hybridized carbons (Fsp3) is 0.0952. The minimum atomic E-state index is -3.96. The second-order valence-electron chi connectivity index (χ2n) is 6.53. The molecule has 0 fully saturated rings. The molecule has 4 aromatic rings. The Labute approximate surface area is 167 Å². The highest BCUT2D eigenvalue weighted by atomic mass is 32.2. The van der Waals surface area contributed by atoms with Gasteiger partial charge in [0.05, 0.1) is 16.1 Å². The average molecular weight is 410 g/mol. The predicted octanol–water partition coefficient (Wildman–Crippen LogP) is 4.03. The van der Waals surface area contributed by atoms with Crippen molar-refractivity contribution in [2.24, 2.45) is 7.05 Å². The number of hydrogen-bond donors (Lipinski definition) is 1. The lowest BCUT2D eigenvalue weighted by Crippen LogP contribution is -2.15. The van der Waals surface area contributed by atoms with Crippen LogP contribution in [0.25, 0.3) is 11.1 Å². The Bertz CT molecular complexity index is 1360. The molecule has 0 aliphatic heterocycles. The second kappa shape index (κ2) is 7.14. The van der Waals surface area contributed by atoms with E-state index in [0.717, 1.165) is 0 Å². The lowest BCUT2D eigenvalue weighted by Gasteiger charge is -2.14. The van der Waals surface area contributed by atoms with Crippen LogP contribution in [0.15, 0.2) is 80.8 Å². The van der Waals surface area contributed by atoms with Crippen molar-refractivity contribution in [1.82, 2.24) is 4.57 Å². The number of aryl methyl sites for hydroxylation is 2. The number of ether oxygens (including phenoxy) is 1.